The van der Waals surface area contributed by atoms with Crippen molar-refractivity contribution in [2.24, 2.45) is 5.73 Å². The Kier molecular flexibility index (Phi) is 5.03. The Morgan fingerprint density at radius 3 is 2.67 bits per heavy atom. The lowest BCUT2D eigenvalue weighted by atomic mass is 9.98. The summed E-state index contributed by atoms with van der Waals surface area (Å²) in [5.74, 6) is 0. The lowest BCUT2D eigenvalue weighted by Gasteiger charge is -2.26. The molecule has 0 bridgehead atoms. The molecule has 0 aromatic carbocycles. The molecule has 1 rings (SSSR count). The smallest absolute Gasteiger partial charge is 0.101 e. The van der Waals surface area contributed by atoms with Crippen LogP contribution in [-0.4, -0.2) is 43.3 Å². The van der Waals surface area contributed by atoms with Crippen LogP contribution in [0.2, 0.25) is 0 Å². The summed E-state index contributed by atoms with van der Waals surface area (Å²) in [5, 5.41) is 8.74. The van der Waals surface area contributed by atoms with Crippen molar-refractivity contribution in [2.45, 2.75) is 31.7 Å². The van der Waals surface area contributed by atoms with E-state index in [2.05, 4.69) is 11.0 Å². The number of hydrogen-bond acceptors (Lipinski definition) is 4. The van der Waals surface area contributed by atoms with Gasteiger partial charge in [-0.25, -0.2) is 0 Å². The van der Waals surface area contributed by atoms with E-state index in [-0.39, 0.29) is 0 Å². The predicted molar refractivity (Wildman–Crippen MR) is 59.3 cm³/mol. The minimum Gasteiger partial charge on any atom is -0.379 e. The molecule has 0 spiro atoms. The number of rotatable bonds is 5. The SMILES string of the molecule is CC(N)(C#N)CCCCN1CCOCC1. The van der Waals surface area contributed by atoms with Crippen molar-refractivity contribution in [3.8, 4) is 6.07 Å². The average molecular weight is 211 g/mol. The van der Waals surface area contributed by atoms with Crippen molar-refractivity contribution in [3.63, 3.8) is 0 Å². The highest BCUT2D eigenvalue weighted by Crippen LogP contribution is 2.10. The molecular formula is C11H21N3O. The van der Waals surface area contributed by atoms with E-state index < -0.39 is 5.54 Å². The second-order valence-electron chi connectivity index (χ2n) is 4.44. The van der Waals surface area contributed by atoms with Gasteiger partial charge in [0, 0.05) is 13.1 Å². The van der Waals surface area contributed by atoms with Gasteiger partial charge in [-0.15, -0.1) is 0 Å². The van der Waals surface area contributed by atoms with Gasteiger partial charge in [0.15, 0.2) is 0 Å². The molecule has 1 fully saturated rings. The van der Waals surface area contributed by atoms with Crippen molar-refractivity contribution in [1.29, 1.82) is 5.26 Å². The Hall–Kier alpha value is -0.630. The van der Waals surface area contributed by atoms with Crippen LogP contribution in [0.15, 0.2) is 0 Å². The van der Waals surface area contributed by atoms with E-state index in [0.717, 1.165) is 52.1 Å². The molecule has 0 saturated carbocycles. The second kappa shape index (κ2) is 6.06. The van der Waals surface area contributed by atoms with Gasteiger partial charge in [-0.05, 0) is 32.7 Å². The van der Waals surface area contributed by atoms with Gasteiger partial charge in [0.25, 0.3) is 0 Å². The van der Waals surface area contributed by atoms with Gasteiger partial charge in [-0.2, -0.15) is 5.26 Å². The van der Waals surface area contributed by atoms with Crippen molar-refractivity contribution < 1.29 is 4.74 Å². The lowest BCUT2D eigenvalue weighted by molar-refractivity contribution is 0.0370. The van der Waals surface area contributed by atoms with Crippen LogP contribution in [0.25, 0.3) is 0 Å². The minimum atomic E-state index is -0.648. The molecule has 86 valence electrons. The van der Waals surface area contributed by atoms with Crippen LogP contribution >= 0.6 is 0 Å². The summed E-state index contributed by atoms with van der Waals surface area (Å²) in [4.78, 5) is 2.41. The topological polar surface area (TPSA) is 62.3 Å². The predicted octanol–water partition coefficient (Wildman–Crippen LogP) is 0.730. The molecule has 4 nitrogen and oxygen atoms in total. The van der Waals surface area contributed by atoms with E-state index in [9.17, 15) is 0 Å². The summed E-state index contributed by atoms with van der Waals surface area (Å²) >= 11 is 0. The van der Waals surface area contributed by atoms with E-state index in [1.165, 1.54) is 0 Å². The fourth-order valence-corrected chi connectivity index (χ4v) is 1.71. The first-order valence-corrected chi connectivity index (χ1v) is 5.64. The quantitative estimate of drug-likeness (QED) is 0.681. The van der Waals surface area contributed by atoms with Crippen molar-refractivity contribution in [2.75, 3.05) is 32.8 Å². The number of unbranched alkanes of at least 4 members (excludes halogenated alkanes) is 1. The molecule has 15 heavy (non-hydrogen) atoms. The summed E-state index contributed by atoms with van der Waals surface area (Å²) in [7, 11) is 0. The molecule has 0 aromatic heterocycles. The first kappa shape index (κ1) is 12.4. The molecule has 1 aliphatic rings. The first-order chi connectivity index (χ1) is 7.14. The van der Waals surface area contributed by atoms with Crippen molar-refractivity contribution in [3.05, 3.63) is 0 Å². The summed E-state index contributed by atoms with van der Waals surface area (Å²) in [6.45, 7) is 6.68. The molecule has 0 aliphatic carbocycles. The third-order valence-electron chi connectivity index (χ3n) is 2.78. The third kappa shape index (κ3) is 5.12. The highest BCUT2D eigenvalue weighted by atomic mass is 16.5. The molecular weight excluding hydrogens is 190 g/mol. The van der Waals surface area contributed by atoms with Gasteiger partial charge in [-0.3, -0.25) is 4.90 Å². The molecule has 1 unspecified atom stereocenters. The molecule has 1 heterocycles. The molecule has 2 N–H and O–H groups in total. The standard InChI is InChI=1S/C11H21N3O/c1-11(13,10-12)4-2-3-5-14-6-8-15-9-7-14/h2-9,13H2,1H3. The average Bonchev–Trinajstić information content (AvgIpc) is 2.26. The van der Waals surface area contributed by atoms with Crippen molar-refractivity contribution in [1.82, 2.24) is 4.90 Å². The molecule has 0 amide bonds. The number of ether oxygens (including phenoxy) is 1. The minimum absolute atomic E-state index is 0.648. The zero-order valence-corrected chi connectivity index (χ0v) is 9.54. The molecule has 4 heteroatoms. The van der Waals surface area contributed by atoms with E-state index in [4.69, 9.17) is 15.7 Å². The number of nitrogens with two attached hydrogens (primary N) is 1. The molecule has 1 saturated heterocycles. The number of nitrogens with zero attached hydrogens (tertiary/aromatic N) is 2. The van der Waals surface area contributed by atoms with Crippen LogP contribution in [-0.2, 0) is 4.74 Å². The maximum absolute atomic E-state index is 8.74. The monoisotopic (exact) mass is 211 g/mol. The fourth-order valence-electron chi connectivity index (χ4n) is 1.71. The Morgan fingerprint density at radius 1 is 1.40 bits per heavy atom. The number of nitriles is 1. The Labute approximate surface area is 92.0 Å². The maximum atomic E-state index is 8.74. The normalized spacial score (nSPS) is 21.9. The maximum Gasteiger partial charge on any atom is 0.101 e. The molecule has 0 aromatic rings. The number of hydrogen-bond donors (Lipinski definition) is 1. The van der Waals surface area contributed by atoms with Gasteiger partial charge in [0.1, 0.15) is 5.54 Å². The summed E-state index contributed by atoms with van der Waals surface area (Å²) < 4.78 is 5.27. The zero-order chi connectivity index (χ0) is 11.1. The Balaban J connectivity index is 2.04. The molecule has 1 atom stereocenters. The van der Waals surface area contributed by atoms with E-state index in [1.54, 1.807) is 6.92 Å². The highest BCUT2D eigenvalue weighted by molar-refractivity contribution is 5.00. The van der Waals surface area contributed by atoms with Gasteiger partial charge >= 0.3 is 0 Å². The first-order valence-electron chi connectivity index (χ1n) is 5.64. The van der Waals surface area contributed by atoms with Crippen LogP contribution in [0.3, 0.4) is 0 Å². The second-order valence-corrected chi connectivity index (χ2v) is 4.44. The van der Waals surface area contributed by atoms with Crippen LogP contribution in [0.5, 0.6) is 0 Å². The Bertz CT molecular complexity index is 216. The van der Waals surface area contributed by atoms with Crippen molar-refractivity contribution >= 4 is 0 Å². The van der Waals surface area contributed by atoms with Crippen LogP contribution in [0.1, 0.15) is 26.2 Å². The van der Waals surface area contributed by atoms with Gasteiger partial charge in [0.2, 0.25) is 0 Å². The summed E-state index contributed by atoms with van der Waals surface area (Å²) in [6.07, 6.45) is 2.93. The largest absolute Gasteiger partial charge is 0.379 e. The van der Waals surface area contributed by atoms with Crippen LogP contribution in [0.4, 0.5) is 0 Å². The van der Waals surface area contributed by atoms with Crippen LogP contribution in [0, 0.1) is 11.3 Å². The summed E-state index contributed by atoms with van der Waals surface area (Å²) in [6, 6.07) is 2.12. The van der Waals surface area contributed by atoms with Gasteiger partial charge < -0.3 is 10.5 Å². The summed E-state index contributed by atoms with van der Waals surface area (Å²) in [5.41, 5.74) is 5.09. The van der Waals surface area contributed by atoms with Gasteiger partial charge in [0.05, 0.1) is 19.3 Å². The lowest BCUT2D eigenvalue weighted by Crippen LogP contribution is -2.37. The van der Waals surface area contributed by atoms with Gasteiger partial charge in [-0.1, -0.05) is 0 Å². The zero-order valence-electron chi connectivity index (χ0n) is 9.54. The van der Waals surface area contributed by atoms with E-state index in [0.29, 0.717) is 0 Å². The Morgan fingerprint density at radius 2 is 2.07 bits per heavy atom. The number of morpholine rings is 1. The fraction of sp³-hybridized carbons (Fsp3) is 0.909. The van der Waals surface area contributed by atoms with E-state index in [1.807, 2.05) is 0 Å². The molecule has 1 aliphatic heterocycles. The highest BCUT2D eigenvalue weighted by Gasteiger charge is 2.16. The molecule has 0 radical (unpaired) electrons. The van der Waals surface area contributed by atoms with Crippen LogP contribution < -0.4 is 5.73 Å². The van der Waals surface area contributed by atoms with E-state index >= 15 is 0 Å². The third-order valence-corrected chi connectivity index (χ3v) is 2.78.